The monoisotopic (exact) mass is 396 g/mol. The molecular weight excluding hydrogens is 368 g/mol. The molecule has 29 heavy (non-hydrogen) atoms. The smallest absolute Gasteiger partial charge is 0.327 e. The van der Waals surface area contributed by atoms with E-state index in [1.54, 1.807) is 4.90 Å². The van der Waals surface area contributed by atoms with Crippen LogP contribution in [0, 0.1) is 5.92 Å². The van der Waals surface area contributed by atoms with E-state index in [-0.39, 0.29) is 31.0 Å². The van der Waals surface area contributed by atoms with E-state index in [0.29, 0.717) is 32.5 Å². The Balaban J connectivity index is 1.62. The largest absolute Gasteiger partial charge is 0.395 e. The van der Waals surface area contributed by atoms with Crippen LogP contribution in [-0.2, 0) is 4.79 Å². The van der Waals surface area contributed by atoms with E-state index in [2.05, 4.69) is 29.8 Å². The SMILES string of the molecule is CC(C)CN1C(=O)N(CCO)C(=O)C12CCN(c1ccnc3ccccc13)CC2. The molecule has 0 saturated carbocycles. The lowest BCUT2D eigenvalue weighted by molar-refractivity contribution is -0.134. The molecule has 2 aliphatic heterocycles. The summed E-state index contributed by atoms with van der Waals surface area (Å²) in [6, 6.07) is 9.81. The minimum Gasteiger partial charge on any atom is -0.395 e. The second-order valence-corrected chi connectivity index (χ2v) is 8.33. The van der Waals surface area contributed by atoms with Gasteiger partial charge in [0.05, 0.1) is 18.7 Å². The average Bonchev–Trinajstić information content (AvgIpc) is 2.90. The van der Waals surface area contributed by atoms with Crippen molar-refractivity contribution in [1.82, 2.24) is 14.8 Å². The molecule has 0 aliphatic carbocycles. The van der Waals surface area contributed by atoms with Crippen LogP contribution in [0.25, 0.3) is 10.9 Å². The number of hydrogen-bond acceptors (Lipinski definition) is 5. The first-order valence-corrected chi connectivity index (χ1v) is 10.3. The number of benzene rings is 1. The molecule has 1 aromatic heterocycles. The third-order valence-electron chi connectivity index (χ3n) is 6.05. The molecule has 1 aromatic carbocycles. The molecule has 1 N–H and O–H groups in total. The first-order valence-electron chi connectivity index (χ1n) is 10.3. The minimum atomic E-state index is -0.796. The number of urea groups is 1. The molecular formula is C22H28N4O3. The Labute approximate surface area is 170 Å². The van der Waals surface area contributed by atoms with Crippen molar-refractivity contribution in [3.63, 3.8) is 0 Å². The van der Waals surface area contributed by atoms with Crippen molar-refractivity contribution in [2.75, 3.05) is 37.7 Å². The van der Waals surface area contributed by atoms with Gasteiger partial charge in [0.25, 0.3) is 5.91 Å². The van der Waals surface area contributed by atoms with Gasteiger partial charge in [0.2, 0.25) is 0 Å². The molecule has 1 spiro atoms. The molecule has 0 atom stereocenters. The number of piperidine rings is 1. The van der Waals surface area contributed by atoms with E-state index >= 15 is 0 Å². The number of β-amino-alcohol motifs (C(OH)–C–C–N with tert-alkyl or cyclic N) is 1. The highest BCUT2D eigenvalue weighted by molar-refractivity contribution is 6.07. The number of fused-ring (bicyclic) bond motifs is 1. The molecule has 2 saturated heterocycles. The van der Waals surface area contributed by atoms with Gasteiger partial charge in [0.15, 0.2) is 0 Å². The molecule has 3 amide bonds. The molecule has 0 unspecified atom stereocenters. The molecule has 2 aromatic rings. The van der Waals surface area contributed by atoms with Crippen molar-refractivity contribution in [3.05, 3.63) is 36.5 Å². The Morgan fingerprint density at radius 2 is 1.86 bits per heavy atom. The van der Waals surface area contributed by atoms with Gasteiger partial charge in [-0.05, 0) is 30.9 Å². The highest BCUT2D eigenvalue weighted by Gasteiger charge is 2.57. The molecule has 0 bridgehead atoms. The summed E-state index contributed by atoms with van der Waals surface area (Å²) in [4.78, 5) is 35.9. The standard InChI is InChI=1S/C22H28N4O3/c1-16(2)15-26-21(29)25(13-14-27)20(28)22(26)8-11-24(12-9-22)19-7-10-23-18-6-4-3-5-17(18)19/h3-7,10,16,27H,8-9,11-15H2,1-2H3. The number of carbonyl (C=O) groups is 2. The summed E-state index contributed by atoms with van der Waals surface area (Å²) in [6.07, 6.45) is 2.99. The van der Waals surface area contributed by atoms with Crippen LogP contribution in [0.4, 0.5) is 10.5 Å². The number of rotatable bonds is 5. The maximum Gasteiger partial charge on any atom is 0.327 e. The average molecular weight is 396 g/mol. The number of aliphatic hydroxyl groups excluding tert-OH is 1. The maximum absolute atomic E-state index is 13.3. The lowest BCUT2D eigenvalue weighted by atomic mass is 9.85. The van der Waals surface area contributed by atoms with E-state index in [1.165, 1.54) is 4.90 Å². The number of imide groups is 1. The molecule has 7 nitrogen and oxygen atoms in total. The number of aliphatic hydroxyl groups is 1. The summed E-state index contributed by atoms with van der Waals surface area (Å²) in [7, 11) is 0. The van der Waals surface area contributed by atoms with Gasteiger partial charge in [-0.25, -0.2) is 4.79 Å². The first kappa shape index (κ1) is 19.6. The number of nitrogens with zero attached hydrogens (tertiary/aromatic N) is 4. The van der Waals surface area contributed by atoms with Crippen LogP contribution >= 0.6 is 0 Å². The van der Waals surface area contributed by atoms with Gasteiger partial charge in [0, 0.05) is 36.9 Å². The Bertz CT molecular complexity index is 916. The number of hydrogen-bond donors (Lipinski definition) is 1. The predicted molar refractivity (Wildman–Crippen MR) is 112 cm³/mol. The van der Waals surface area contributed by atoms with Crippen LogP contribution in [0.2, 0.25) is 0 Å². The van der Waals surface area contributed by atoms with Crippen LogP contribution in [0.1, 0.15) is 26.7 Å². The molecule has 154 valence electrons. The van der Waals surface area contributed by atoms with Gasteiger partial charge < -0.3 is 14.9 Å². The van der Waals surface area contributed by atoms with Gasteiger partial charge in [0.1, 0.15) is 5.54 Å². The molecule has 0 radical (unpaired) electrons. The van der Waals surface area contributed by atoms with Crippen LogP contribution in [0.5, 0.6) is 0 Å². The van der Waals surface area contributed by atoms with E-state index in [9.17, 15) is 14.7 Å². The van der Waals surface area contributed by atoms with E-state index < -0.39 is 5.54 Å². The van der Waals surface area contributed by atoms with Crippen molar-refractivity contribution in [2.24, 2.45) is 5.92 Å². The van der Waals surface area contributed by atoms with Gasteiger partial charge in [-0.3, -0.25) is 14.7 Å². The van der Waals surface area contributed by atoms with E-state index in [0.717, 1.165) is 16.6 Å². The fourth-order valence-corrected chi connectivity index (χ4v) is 4.66. The topological polar surface area (TPSA) is 77.0 Å². The maximum atomic E-state index is 13.3. The van der Waals surface area contributed by atoms with Crippen molar-refractivity contribution in [3.8, 4) is 0 Å². The number of carbonyl (C=O) groups excluding carboxylic acids is 2. The number of aromatic nitrogens is 1. The molecule has 4 rings (SSSR count). The van der Waals surface area contributed by atoms with Crippen LogP contribution in [-0.4, -0.2) is 70.2 Å². The molecule has 2 fully saturated rings. The van der Waals surface area contributed by atoms with Gasteiger partial charge in [-0.1, -0.05) is 32.0 Å². The summed E-state index contributed by atoms with van der Waals surface area (Å²) < 4.78 is 0. The predicted octanol–water partition coefficient (Wildman–Crippen LogP) is 2.49. The Hall–Kier alpha value is -2.67. The van der Waals surface area contributed by atoms with Crippen LogP contribution < -0.4 is 4.90 Å². The molecule has 3 heterocycles. The van der Waals surface area contributed by atoms with E-state index in [1.807, 2.05) is 30.5 Å². The summed E-state index contributed by atoms with van der Waals surface area (Å²) in [5.41, 5.74) is 1.27. The summed E-state index contributed by atoms with van der Waals surface area (Å²) in [5, 5.41) is 10.4. The number of pyridine rings is 1. The third-order valence-corrected chi connectivity index (χ3v) is 6.05. The quantitative estimate of drug-likeness (QED) is 0.786. The first-order chi connectivity index (χ1) is 14.0. The van der Waals surface area contributed by atoms with Gasteiger partial charge in [-0.2, -0.15) is 0 Å². The van der Waals surface area contributed by atoms with Gasteiger partial charge >= 0.3 is 6.03 Å². The van der Waals surface area contributed by atoms with Crippen molar-refractivity contribution < 1.29 is 14.7 Å². The zero-order chi connectivity index (χ0) is 20.6. The lowest BCUT2D eigenvalue weighted by Gasteiger charge is -2.43. The normalized spacial score (nSPS) is 19.2. The van der Waals surface area contributed by atoms with Crippen molar-refractivity contribution in [2.45, 2.75) is 32.2 Å². The second kappa shape index (κ2) is 7.63. The Morgan fingerprint density at radius 3 is 2.55 bits per heavy atom. The number of amides is 3. The number of anilines is 1. The summed E-state index contributed by atoms with van der Waals surface area (Å²) >= 11 is 0. The Morgan fingerprint density at radius 1 is 1.14 bits per heavy atom. The van der Waals surface area contributed by atoms with E-state index in [4.69, 9.17) is 0 Å². The second-order valence-electron chi connectivity index (χ2n) is 8.33. The highest BCUT2D eigenvalue weighted by Crippen LogP contribution is 2.39. The zero-order valence-electron chi connectivity index (χ0n) is 17.0. The highest BCUT2D eigenvalue weighted by atomic mass is 16.3. The third kappa shape index (κ3) is 3.23. The minimum absolute atomic E-state index is 0.0622. The summed E-state index contributed by atoms with van der Waals surface area (Å²) in [5.74, 6) is 0.108. The van der Waals surface area contributed by atoms with Gasteiger partial charge in [-0.15, -0.1) is 0 Å². The zero-order valence-corrected chi connectivity index (χ0v) is 17.0. The fraction of sp³-hybridized carbons (Fsp3) is 0.500. The Kier molecular flexibility index (Phi) is 5.17. The summed E-state index contributed by atoms with van der Waals surface area (Å²) in [6.45, 7) is 5.88. The fourth-order valence-electron chi connectivity index (χ4n) is 4.66. The lowest BCUT2D eigenvalue weighted by Crippen LogP contribution is -2.57. The van der Waals surface area contributed by atoms with Crippen LogP contribution in [0.15, 0.2) is 36.5 Å². The number of para-hydroxylation sites is 1. The molecule has 7 heteroatoms. The molecule has 2 aliphatic rings. The van der Waals surface area contributed by atoms with Crippen LogP contribution in [0.3, 0.4) is 0 Å². The van der Waals surface area contributed by atoms with Crippen molar-refractivity contribution in [1.29, 1.82) is 0 Å². The van der Waals surface area contributed by atoms with Crippen molar-refractivity contribution >= 4 is 28.5 Å².